The van der Waals surface area contributed by atoms with Crippen molar-refractivity contribution in [2.24, 2.45) is 5.92 Å². The van der Waals surface area contributed by atoms with Crippen LogP contribution in [0.4, 0.5) is 11.5 Å². The van der Waals surface area contributed by atoms with E-state index in [0.717, 1.165) is 78.5 Å². The third-order valence-electron chi connectivity index (χ3n) is 7.37. The topological polar surface area (TPSA) is 70.6 Å². The van der Waals surface area contributed by atoms with Gasteiger partial charge < -0.3 is 19.9 Å². The number of rotatable bonds is 6. The van der Waals surface area contributed by atoms with Crippen molar-refractivity contribution in [3.63, 3.8) is 0 Å². The number of hydrogen-bond donors (Lipinski definition) is 1. The lowest BCUT2D eigenvalue weighted by Crippen LogP contribution is -2.49. The minimum atomic E-state index is 0.0665. The molecule has 2 aromatic heterocycles. The van der Waals surface area contributed by atoms with Crippen molar-refractivity contribution in [2.75, 3.05) is 38.5 Å². The van der Waals surface area contributed by atoms with Crippen LogP contribution in [0.5, 0.6) is 5.75 Å². The third-order valence-corrected chi connectivity index (χ3v) is 8.54. The first-order valence-corrected chi connectivity index (χ1v) is 13.7. The standard InChI is InChI=1S/C29H31N5O2S/c1-33-13-15-34(16-14-33)29(35)21-7-12-24-25(17-21)37-28-26(24)27(30-19-31-28)32-22-8-10-23(11-9-22)36-18-20-5-3-2-4-6-20/h2-6,8-11,19,21H,7,12-18H2,1H3,(H,30,31,32). The highest BCUT2D eigenvalue weighted by atomic mass is 32.1. The molecule has 0 saturated carbocycles. The summed E-state index contributed by atoms with van der Waals surface area (Å²) in [5, 5.41) is 4.59. The lowest BCUT2D eigenvalue weighted by molar-refractivity contribution is -0.137. The number of aromatic nitrogens is 2. The molecule has 1 N–H and O–H groups in total. The predicted octanol–water partition coefficient (Wildman–Crippen LogP) is 4.89. The fourth-order valence-electron chi connectivity index (χ4n) is 5.21. The summed E-state index contributed by atoms with van der Waals surface area (Å²) in [4.78, 5) is 29.0. The fraction of sp³-hybridized carbons (Fsp3) is 0.345. The van der Waals surface area contributed by atoms with Crippen molar-refractivity contribution in [1.29, 1.82) is 0 Å². The number of thiophene rings is 1. The molecule has 1 unspecified atom stereocenters. The Morgan fingerprint density at radius 1 is 1.05 bits per heavy atom. The van der Waals surface area contributed by atoms with Crippen molar-refractivity contribution < 1.29 is 9.53 Å². The summed E-state index contributed by atoms with van der Waals surface area (Å²) in [5.74, 6) is 2.03. The maximum absolute atomic E-state index is 13.2. The van der Waals surface area contributed by atoms with Crippen LogP contribution in [0.2, 0.25) is 0 Å². The van der Waals surface area contributed by atoms with Crippen LogP contribution in [0.1, 0.15) is 22.4 Å². The second kappa shape index (κ2) is 10.5. The Bertz CT molecular complexity index is 1380. The van der Waals surface area contributed by atoms with Crippen LogP contribution in [-0.2, 0) is 24.2 Å². The van der Waals surface area contributed by atoms with Crippen LogP contribution in [0.15, 0.2) is 60.9 Å². The fourth-order valence-corrected chi connectivity index (χ4v) is 6.48. The number of nitrogens with one attached hydrogen (secondary N) is 1. The zero-order valence-corrected chi connectivity index (χ0v) is 21.8. The van der Waals surface area contributed by atoms with Gasteiger partial charge in [0.15, 0.2) is 0 Å². The van der Waals surface area contributed by atoms with Gasteiger partial charge in [0.1, 0.15) is 29.3 Å². The maximum Gasteiger partial charge on any atom is 0.226 e. The average Bonchev–Trinajstić information content (AvgIpc) is 3.32. The number of anilines is 2. The van der Waals surface area contributed by atoms with Gasteiger partial charge >= 0.3 is 0 Å². The normalized spacial score (nSPS) is 18.0. The number of carbonyl (C=O) groups is 1. The molecule has 8 heteroatoms. The van der Waals surface area contributed by atoms with E-state index in [1.165, 1.54) is 10.4 Å². The first kappa shape index (κ1) is 23.9. The van der Waals surface area contributed by atoms with Gasteiger partial charge in [-0.2, -0.15) is 0 Å². The van der Waals surface area contributed by atoms with Gasteiger partial charge in [-0.1, -0.05) is 30.3 Å². The summed E-state index contributed by atoms with van der Waals surface area (Å²) in [7, 11) is 2.12. The molecule has 37 heavy (non-hydrogen) atoms. The van der Waals surface area contributed by atoms with Crippen LogP contribution in [0, 0.1) is 5.92 Å². The van der Waals surface area contributed by atoms with Crippen LogP contribution in [0.3, 0.4) is 0 Å². The zero-order chi connectivity index (χ0) is 25.2. The van der Waals surface area contributed by atoms with Gasteiger partial charge in [0, 0.05) is 42.7 Å². The summed E-state index contributed by atoms with van der Waals surface area (Å²) >= 11 is 1.71. The lowest BCUT2D eigenvalue weighted by atomic mass is 9.86. The number of ether oxygens (including phenoxy) is 1. The largest absolute Gasteiger partial charge is 0.489 e. The van der Waals surface area contributed by atoms with Crippen molar-refractivity contribution in [3.05, 3.63) is 76.9 Å². The Labute approximate surface area is 221 Å². The van der Waals surface area contributed by atoms with Crippen molar-refractivity contribution in [1.82, 2.24) is 19.8 Å². The van der Waals surface area contributed by atoms with Gasteiger partial charge in [-0.3, -0.25) is 4.79 Å². The molecule has 1 aliphatic heterocycles. The first-order chi connectivity index (χ1) is 18.1. The molecule has 190 valence electrons. The second-order valence-electron chi connectivity index (χ2n) is 9.90. The highest BCUT2D eigenvalue weighted by molar-refractivity contribution is 7.19. The summed E-state index contributed by atoms with van der Waals surface area (Å²) in [6.45, 7) is 4.12. The molecular weight excluding hydrogens is 482 g/mol. The van der Waals surface area contributed by atoms with Gasteiger partial charge in [0.05, 0.1) is 5.39 Å². The van der Waals surface area contributed by atoms with Gasteiger partial charge in [0.25, 0.3) is 0 Å². The SMILES string of the molecule is CN1CCN(C(=O)C2CCc3c(sc4ncnc(Nc5ccc(OCc6ccccc6)cc5)c34)C2)CC1. The molecule has 0 bridgehead atoms. The van der Waals surface area contributed by atoms with E-state index in [0.29, 0.717) is 12.5 Å². The van der Waals surface area contributed by atoms with Crippen LogP contribution in [0.25, 0.3) is 10.2 Å². The van der Waals surface area contributed by atoms with E-state index >= 15 is 0 Å². The molecule has 4 aromatic rings. The highest BCUT2D eigenvalue weighted by Crippen LogP contribution is 2.41. The lowest BCUT2D eigenvalue weighted by Gasteiger charge is -2.35. The summed E-state index contributed by atoms with van der Waals surface area (Å²) in [6.07, 6.45) is 4.19. The second-order valence-corrected chi connectivity index (χ2v) is 11.0. The van der Waals surface area contributed by atoms with Crippen molar-refractivity contribution in [2.45, 2.75) is 25.9 Å². The van der Waals surface area contributed by atoms with Crippen molar-refractivity contribution >= 4 is 39.0 Å². The number of likely N-dealkylation sites (N-methyl/N-ethyl adjacent to an activating group) is 1. The summed E-state index contributed by atoms with van der Waals surface area (Å²) in [5.41, 5.74) is 3.39. The van der Waals surface area contributed by atoms with Gasteiger partial charge in [-0.25, -0.2) is 9.97 Å². The minimum absolute atomic E-state index is 0.0665. The number of carbonyl (C=O) groups excluding carboxylic acids is 1. The number of benzene rings is 2. The minimum Gasteiger partial charge on any atom is -0.489 e. The van der Waals surface area contributed by atoms with Crippen molar-refractivity contribution in [3.8, 4) is 5.75 Å². The molecule has 1 fully saturated rings. The Hall–Kier alpha value is -3.49. The molecule has 6 rings (SSSR count). The molecule has 7 nitrogen and oxygen atoms in total. The summed E-state index contributed by atoms with van der Waals surface area (Å²) < 4.78 is 5.92. The molecule has 3 heterocycles. The quantitative estimate of drug-likeness (QED) is 0.396. The Morgan fingerprint density at radius 3 is 2.62 bits per heavy atom. The molecule has 2 aliphatic rings. The van der Waals surface area contributed by atoms with E-state index in [2.05, 4.69) is 44.3 Å². The smallest absolute Gasteiger partial charge is 0.226 e. The number of piperazine rings is 1. The molecule has 1 aliphatic carbocycles. The van der Waals surface area contributed by atoms with E-state index in [1.807, 2.05) is 42.5 Å². The molecule has 2 aromatic carbocycles. The van der Waals surface area contributed by atoms with Crippen LogP contribution in [-0.4, -0.2) is 58.9 Å². The third kappa shape index (κ3) is 5.17. The molecule has 1 saturated heterocycles. The van der Waals surface area contributed by atoms with E-state index in [-0.39, 0.29) is 5.92 Å². The van der Waals surface area contributed by atoms with Crippen LogP contribution < -0.4 is 10.1 Å². The first-order valence-electron chi connectivity index (χ1n) is 12.9. The number of amides is 1. The molecule has 1 atom stereocenters. The van der Waals surface area contributed by atoms with Crippen LogP contribution >= 0.6 is 11.3 Å². The maximum atomic E-state index is 13.2. The predicted molar refractivity (Wildman–Crippen MR) is 148 cm³/mol. The summed E-state index contributed by atoms with van der Waals surface area (Å²) in [6, 6.07) is 18.1. The number of hydrogen-bond acceptors (Lipinski definition) is 7. The van der Waals surface area contributed by atoms with Gasteiger partial charge in [-0.05, 0) is 61.7 Å². The monoisotopic (exact) mass is 513 g/mol. The van der Waals surface area contributed by atoms with E-state index < -0.39 is 0 Å². The number of aryl methyl sites for hydroxylation is 1. The molecule has 1 amide bonds. The van der Waals surface area contributed by atoms with E-state index in [4.69, 9.17) is 4.74 Å². The zero-order valence-electron chi connectivity index (χ0n) is 21.0. The molecule has 0 spiro atoms. The Balaban J connectivity index is 1.15. The number of nitrogens with zero attached hydrogens (tertiary/aromatic N) is 4. The number of fused-ring (bicyclic) bond motifs is 3. The average molecular weight is 514 g/mol. The highest BCUT2D eigenvalue weighted by Gasteiger charge is 2.32. The van der Waals surface area contributed by atoms with E-state index in [9.17, 15) is 4.79 Å². The van der Waals surface area contributed by atoms with Gasteiger partial charge in [-0.15, -0.1) is 11.3 Å². The van der Waals surface area contributed by atoms with Gasteiger partial charge in [0.2, 0.25) is 5.91 Å². The molecular formula is C29H31N5O2S. The Morgan fingerprint density at radius 2 is 1.84 bits per heavy atom. The molecule has 0 radical (unpaired) electrons. The Kier molecular flexibility index (Phi) is 6.76. The van der Waals surface area contributed by atoms with E-state index in [1.54, 1.807) is 17.7 Å².